The second-order valence-corrected chi connectivity index (χ2v) is 9.34. The smallest absolute Gasteiger partial charge is 0.257 e. The highest BCUT2D eigenvalue weighted by atomic mass is 16.3. The monoisotopic (exact) mass is 417 g/mol. The number of furan rings is 1. The number of para-hydroxylation sites is 1. The van der Waals surface area contributed by atoms with Gasteiger partial charge in [0.25, 0.3) is 11.5 Å². The minimum atomic E-state index is 0.0247. The second kappa shape index (κ2) is 7.38. The van der Waals surface area contributed by atoms with Crippen molar-refractivity contribution < 1.29 is 9.21 Å². The predicted octanol–water partition coefficient (Wildman–Crippen LogP) is 3.45. The van der Waals surface area contributed by atoms with Gasteiger partial charge in [-0.3, -0.25) is 14.5 Å². The summed E-state index contributed by atoms with van der Waals surface area (Å²) in [4.78, 5) is 30.9. The van der Waals surface area contributed by atoms with E-state index in [1.165, 1.54) is 12.8 Å². The van der Waals surface area contributed by atoms with Gasteiger partial charge >= 0.3 is 0 Å². The topological polar surface area (TPSA) is 58.7 Å². The van der Waals surface area contributed by atoms with Crippen LogP contribution in [0.1, 0.15) is 46.8 Å². The van der Waals surface area contributed by atoms with Crippen molar-refractivity contribution in [2.45, 2.75) is 38.3 Å². The number of aromatic nitrogens is 1. The van der Waals surface area contributed by atoms with Crippen LogP contribution in [0.25, 0.3) is 11.0 Å². The van der Waals surface area contributed by atoms with Crippen LogP contribution in [0.3, 0.4) is 0 Å². The largest absolute Gasteiger partial charge is 0.464 e. The molecular formula is C25H27N3O3. The molecule has 3 aromatic rings. The van der Waals surface area contributed by atoms with Crippen molar-refractivity contribution in [3.8, 4) is 0 Å². The van der Waals surface area contributed by atoms with Crippen molar-refractivity contribution in [1.29, 1.82) is 0 Å². The molecule has 2 fully saturated rings. The molecule has 2 atom stereocenters. The van der Waals surface area contributed by atoms with E-state index in [1.807, 2.05) is 39.8 Å². The lowest BCUT2D eigenvalue weighted by atomic mass is 9.82. The van der Waals surface area contributed by atoms with E-state index in [0.29, 0.717) is 36.7 Å². The molecule has 6 rings (SSSR count). The fraction of sp³-hybridized carbons (Fsp3) is 0.440. The number of pyridine rings is 1. The molecule has 3 aliphatic heterocycles. The van der Waals surface area contributed by atoms with Crippen molar-refractivity contribution in [2.75, 3.05) is 26.2 Å². The highest BCUT2D eigenvalue weighted by Gasteiger charge is 2.37. The number of likely N-dealkylation sites (tertiary alicyclic amines) is 2. The molecule has 0 unspecified atom stereocenters. The molecule has 0 radical (unpaired) electrons. The van der Waals surface area contributed by atoms with Crippen LogP contribution in [0.15, 0.2) is 51.9 Å². The Kier molecular flexibility index (Phi) is 4.49. The maximum absolute atomic E-state index is 13.4. The van der Waals surface area contributed by atoms with E-state index >= 15 is 0 Å². The molecule has 0 spiro atoms. The molecule has 2 saturated heterocycles. The quantitative estimate of drug-likeness (QED) is 0.655. The molecule has 0 aliphatic carbocycles. The van der Waals surface area contributed by atoms with Gasteiger partial charge in [0.05, 0.1) is 11.8 Å². The molecule has 5 heterocycles. The summed E-state index contributed by atoms with van der Waals surface area (Å²) in [6.07, 6.45) is 5.13. The number of piperidine rings is 1. The average Bonchev–Trinajstić information content (AvgIpc) is 3.47. The van der Waals surface area contributed by atoms with Gasteiger partial charge in [-0.25, -0.2) is 0 Å². The molecule has 31 heavy (non-hydrogen) atoms. The van der Waals surface area contributed by atoms with Gasteiger partial charge in [-0.2, -0.15) is 0 Å². The Balaban J connectivity index is 1.27. The third-order valence-electron chi connectivity index (χ3n) is 7.27. The summed E-state index contributed by atoms with van der Waals surface area (Å²) in [6, 6.07) is 11.8. The predicted molar refractivity (Wildman–Crippen MR) is 118 cm³/mol. The summed E-state index contributed by atoms with van der Waals surface area (Å²) in [6.45, 7) is 4.98. The first-order valence-electron chi connectivity index (χ1n) is 11.4. The van der Waals surface area contributed by atoms with E-state index < -0.39 is 0 Å². The molecule has 2 aromatic heterocycles. The SMILES string of the molecule is O=C(c1cccc2ccoc12)N1C[C@@H]2C[C@H](C1)c1ccc(CN3CCCC3)c(=O)n1C2. The van der Waals surface area contributed by atoms with Gasteiger partial charge in [0.2, 0.25) is 0 Å². The van der Waals surface area contributed by atoms with Crippen LogP contribution in [0.4, 0.5) is 0 Å². The highest BCUT2D eigenvalue weighted by molar-refractivity contribution is 6.04. The average molecular weight is 418 g/mol. The molecule has 6 nitrogen and oxygen atoms in total. The van der Waals surface area contributed by atoms with E-state index in [-0.39, 0.29) is 17.4 Å². The standard InChI is InChI=1S/C25H27N3O3/c29-24-19(15-26-9-1-2-10-26)6-7-22-20-12-17(14-28(22)24)13-27(16-20)25(30)21-5-3-4-18-8-11-31-23(18)21/h3-8,11,17,20H,1-2,9-10,12-16H2/t17-,20+/m0/s1. The molecule has 3 aliphatic rings. The van der Waals surface area contributed by atoms with Crippen LogP contribution < -0.4 is 5.56 Å². The first-order valence-corrected chi connectivity index (χ1v) is 11.4. The van der Waals surface area contributed by atoms with Crippen molar-refractivity contribution in [1.82, 2.24) is 14.4 Å². The number of hydrogen-bond donors (Lipinski definition) is 0. The summed E-state index contributed by atoms with van der Waals surface area (Å²) in [5.41, 5.74) is 3.44. The number of carbonyl (C=O) groups excluding carboxylic acids is 1. The van der Waals surface area contributed by atoms with Crippen LogP contribution in [-0.2, 0) is 13.1 Å². The minimum Gasteiger partial charge on any atom is -0.464 e. The number of amides is 1. The summed E-state index contributed by atoms with van der Waals surface area (Å²) in [7, 11) is 0. The van der Waals surface area contributed by atoms with Crippen molar-refractivity contribution >= 4 is 16.9 Å². The van der Waals surface area contributed by atoms with Crippen LogP contribution in [0, 0.1) is 5.92 Å². The zero-order valence-electron chi connectivity index (χ0n) is 17.6. The maximum Gasteiger partial charge on any atom is 0.257 e. The number of benzene rings is 1. The number of carbonyl (C=O) groups is 1. The van der Waals surface area contributed by atoms with Gasteiger partial charge in [0, 0.05) is 48.7 Å². The lowest BCUT2D eigenvalue weighted by molar-refractivity contribution is 0.0595. The van der Waals surface area contributed by atoms with E-state index in [0.717, 1.165) is 42.7 Å². The third-order valence-corrected chi connectivity index (χ3v) is 7.27. The summed E-state index contributed by atoms with van der Waals surface area (Å²) in [5.74, 6) is 0.545. The Labute approximate surface area is 181 Å². The highest BCUT2D eigenvalue weighted by Crippen LogP contribution is 2.36. The Morgan fingerprint density at radius 3 is 2.77 bits per heavy atom. The van der Waals surface area contributed by atoms with Crippen molar-refractivity contribution in [2.24, 2.45) is 5.92 Å². The first kappa shape index (κ1) is 18.9. The van der Waals surface area contributed by atoms with E-state index in [4.69, 9.17) is 4.42 Å². The Hall–Kier alpha value is -2.86. The number of rotatable bonds is 3. The minimum absolute atomic E-state index is 0.0247. The molecule has 0 N–H and O–H groups in total. The van der Waals surface area contributed by atoms with Gasteiger partial charge in [0.1, 0.15) is 5.58 Å². The third kappa shape index (κ3) is 3.21. The summed E-state index contributed by atoms with van der Waals surface area (Å²) < 4.78 is 7.60. The molecule has 0 saturated carbocycles. The molecule has 6 heteroatoms. The van der Waals surface area contributed by atoms with Crippen LogP contribution in [0.2, 0.25) is 0 Å². The van der Waals surface area contributed by atoms with Crippen LogP contribution in [0.5, 0.6) is 0 Å². The Morgan fingerprint density at radius 2 is 1.90 bits per heavy atom. The van der Waals surface area contributed by atoms with Crippen molar-refractivity contribution in [3.05, 3.63) is 69.8 Å². The fourth-order valence-corrected chi connectivity index (χ4v) is 5.79. The Bertz CT molecular complexity index is 1200. The fourth-order valence-electron chi connectivity index (χ4n) is 5.79. The van der Waals surface area contributed by atoms with E-state index in [1.54, 1.807) is 6.26 Å². The van der Waals surface area contributed by atoms with Crippen LogP contribution >= 0.6 is 0 Å². The maximum atomic E-state index is 13.4. The van der Waals surface area contributed by atoms with Crippen molar-refractivity contribution in [3.63, 3.8) is 0 Å². The molecule has 160 valence electrons. The van der Waals surface area contributed by atoms with Gasteiger partial charge in [-0.15, -0.1) is 0 Å². The lowest BCUT2D eigenvalue weighted by Gasteiger charge is -2.43. The number of hydrogen-bond acceptors (Lipinski definition) is 4. The van der Waals surface area contributed by atoms with Gasteiger partial charge in [-0.1, -0.05) is 18.2 Å². The molecule has 1 aromatic carbocycles. The van der Waals surface area contributed by atoms with E-state index in [9.17, 15) is 9.59 Å². The number of nitrogens with zero attached hydrogens (tertiary/aromatic N) is 3. The zero-order valence-corrected chi connectivity index (χ0v) is 17.6. The normalized spacial score (nSPS) is 23.3. The first-order chi connectivity index (χ1) is 15.2. The molecular weight excluding hydrogens is 390 g/mol. The zero-order chi connectivity index (χ0) is 20.9. The Morgan fingerprint density at radius 1 is 1.03 bits per heavy atom. The van der Waals surface area contributed by atoms with Crippen LogP contribution in [-0.4, -0.2) is 46.5 Å². The van der Waals surface area contributed by atoms with E-state index in [2.05, 4.69) is 11.0 Å². The summed E-state index contributed by atoms with van der Waals surface area (Å²) in [5, 5.41) is 0.950. The lowest BCUT2D eigenvalue weighted by Crippen LogP contribution is -2.49. The van der Waals surface area contributed by atoms with Gasteiger partial charge < -0.3 is 13.9 Å². The summed E-state index contributed by atoms with van der Waals surface area (Å²) >= 11 is 0. The van der Waals surface area contributed by atoms with Gasteiger partial charge in [0.15, 0.2) is 0 Å². The second-order valence-electron chi connectivity index (χ2n) is 9.34. The number of fused-ring (bicyclic) bond motifs is 5. The molecule has 2 bridgehead atoms. The molecule has 1 amide bonds. The van der Waals surface area contributed by atoms with Gasteiger partial charge in [-0.05, 0) is 56.5 Å².